The Balaban J connectivity index is 1.47. The number of fused-ring (bicyclic) bond motifs is 1. The highest BCUT2D eigenvalue weighted by molar-refractivity contribution is 7.89. The number of nitrogens with zero attached hydrogens (tertiary/aromatic N) is 3. The number of benzene rings is 2. The summed E-state index contributed by atoms with van der Waals surface area (Å²) in [7, 11) is -3.46. The average molecular weight is 395 g/mol. The van der Waals surface area contributed by atoms with Crippen molar-refractivity contribution in [1.82, 2.24) is 9.29 Å². The zero-order valence-corrected chi connectivity index (χ0v) is 16.3. The maximum atomic E-state index is 12.7. The topological polar surface area (TPSA) is 74.7 Å². The van der Waals surface area contributed by atoms with Crippen LogP contribution >= 0.6 is 0 Å². The molecular formula is C21H22N4O2S. The van der Waals surface area contributed by atoms with Gasteiger partial charge in [-0.15, -0.1) is 0 Å². The van der Waals surface area contributed by atoms with Gasteiger partial charge < -0.3 is 0 Å². The van der Waals surface area contributed by atoms with Gasteiger partial charge in [0.2, 0.25) is 10.0 Å². The van der Waals surface area contributed by atoms with Crippen LogP contribution in [0.3, 0.4) is 0 Å². The molecule has 0 radical (unpaired) electrons. The van der Waals surface area contributed by atoms with Crippen LogP contribution in [-0.2, 0) is 10.0 Å². The van der Waals surface area contributed by atoms with Gasteiger partial charge in [0.25, 0.3) is 0 Å². The van der Waals surface area contributed by atoms with Gasteiger partial charge in [-0.25, -0.2) is 13.4 Å². The summed E-state index contributed by atoms with van der Waals surface area (Å²) in [6.45, 7) is 1.16. The van der Waals surface area contributed by atoms with Gasteiger partial charge in [0, 0.05) is 24.8 Å². The van der Waals surface area contributed by atoms with E-state index in [1.807, 2.05) is 24.3 Å². The second-order valence-electron chi connectivity index (χ2n) is 6.78. The summed E-state index contributed by atoms with van der Waals surface area (Å²) in [5.41, 5.74) is 3.86. The standard InChI is InChI=1S/C21H22N4O2S/c26-28(27,25-13-4-1-5-14-25)19-11-12-21(22-16-19)24-23-15-18-9-6-8-17-7-2-3-10-20(17)18/h2-3,6-12,15-16H,1,4-5,13-14H2,(H,22,24)/b23-15+. The summed E-state index contributed by atoms with van der Waals surface area (Å²) in [5, 5.41) is 6.51. The van der Waals surface area contributed by atoms with Crippen LogP contribution in [0.2, 0.25) is 0 Å². The zero-order chi connectivity index (χ0) is 19.4. The first-order valence-corrected chi connectivity index (χ1v) is 10.8. The van der Waals surface area contributed by atoms with E-state index >= 15 is 0 Å². The van der Waals surface area contributed by atoms with Crippen LogP contribution in [0, 0.1) is 0 Å². The van der Waals surface area contributed by atoms with Gasteiger partial charge in [-0.2, -0.15) is 9.41 Å². The minimum Gasteiger partial charge on any atom is -0.261 e. The van der Waals surface area contributed by atoms with Gasteiger partial charge in [-0.1, -0.05) is 48.9 Å². The van der Waals surface area contributed by atoms with Crippen molar-refractivity contribution in [3.05, 3.63) is 66.4 Å². The molecule has 0 amide bonds. The van der Waals surface area contributed by atoms with Gasteiger partial charge in [-0.05, 0) is 35.7 Å². The lowest BCUT2D eigenvalue weighted by molar-refractivity contribution is 0.346. The van der Waals surface area contributed by atoms with Gasteiger partial charge in [-0.3, -0.25) is 5.43 Å². The average Bonchev–Trinajstić information content (AvgIpc) is 2.75. The molecule has 1 aliphatic heterocycles. The molecule has 1 aromatic heterocycles. The summed E-state index contributed by atoms with van der Waals surface area (Å²) >= 11 is 0. The van der Waals surface area contributed by atoms with Crippen LogP contribution in [0.5, 0.6) is 0 Å². The SMILES string of the molecule is O=S(=O)(c1ccc(N/N=C/c2cccc3ccccc23)nc1)N1CCCCC1. The van der Waals surface area contributed by atoms with Crippen LogP contribution in [0.25, 0.3) is 10.8 Å². The van der Waals surface area contributed by atoms with E-state index in [0.29, 0.717) is 18.9 Å². The molecular weight excluding hydrogens is 372 g/mol. The maximum Gasteiger partial charge on any atom is 0.244 e. The summed E-state index contributed by atoms with van der Waals surface area (Å²) in [4.78, 5) is 4.42. The first kappa shape index (κ1) is 18.6. The number of hydrogen-bond donors (Lipinski definition) is 1. The summed E-state index contributed by atoms with van der Waals surface area (Å²) in [6, 6.07) is 17.4. The molecule has 7 heteroatoms. The van der Waals surface area contributed by atoms with Gasteiger partial charge in [0.1, 0.15) is 10.7 Å². The number of piperidine rings is 1. The van der Waals surface area contributed by atoms with Crippen LogP contribution in [0.15, 0.2) is 70.8 Å². The molecule has 6 nitrogen and oxygen atoms in total. The Morgan fingerprint density at radius 1 is 0.964 bits per heavy atom. The first-order valence-electron chi connectivity index (χ1n) is 9.38. The highest BCUT2D eigenvalue weighted by Gasteiger charge is 2.26. The number of anilines is 1. The molecule has 0 saturated carbocycles. The smallest absolute Gasteiger partial charge is 0.244 e. The lowest BCUT2D eigenvalue weighted by atomic mass is 10.1. The van der Waals surface area contributed by atoms with Crippen molar-refractivity contribution in [2.45, 2.75) is 24.2 Å². The molecule has 1 saturated heterocycles. The van der Waals surface area contributed by atoms with Crippen LogP contribution in [-0.4, -0.2) is 37.0 Å². The highest BCUT2D eigenvalue weighted by atomic mass is 32.2. The second-order valence-corrected chi connectivity index (χ2v) is 8.72. The normalized spacial score (nSPS) is 15.9. The van der Waals surface area contributed by atoms with E-state index in [9.17, 15) is 8.42 Å². The Hall–Kier alpha value is -2.77. The number of rotatable bonds is 5. The number of hydrazone groups is 1. The quantitative estimate of drug-likeness (QED) is 0.527. The lowest BCUT2D eigenvalue weighted by Crippen LogP contribution is -2.35. The Labute approximate surface area is 165 Å². The predicted octanol–water partition coefficient (Wildman–Crippen LogP) is 3.86. The molecule has 28 heavy (non-hydrogen) atoms. The summed E-state index contributed by atoms with van der Waals surface area (Å²) in [5.74, 6) is 0.495. The minimum absolute atomic E-state index is 0.220. The van der Waals surface area contributed by atoms with E-state index in [2.05, 4.69) is 33.7 Å². The monoisotopic (exact) mass is 394 g/mol. The third kappa shape index (κ3) is 3.90. The molecule has 0 unspecified atom stereocenters. The van der Waals surface area contributed by atoms with Crippen molar-refractivity contribution in [3.8, 4) is 0 Å². The fraction of sp³-hybridized carbons (Fsp3) is 0.238. The Morgan fingerprint density at radius 3 is 2.54 bits per heavy atom. The van der Waals surface area contributed by atoms with Crippen molar-refractivity contribution >= 4 is 32.8 Å². The van der Waals surface area contributed by atoms with Gasteiger partial charge in [0.05, 0.1) is 6.21 Å². The van der Waals surface area contributed by atoms with Crippen molar-refractivity contribution in [2.75, 3.05) is 18.5 Å². The zero-order valence-electron chi connectivity index (χ0n) is 15.5. The number of sulfonamides is 1. The van der Waals surface area contributed by atoms with Crippen molar-refractivity contribution in [3.63, 3.8) is 0 Å². The number of hydrogen-bond acceptors (Lipinski definition) is 5. The number of pyridine rings is 1. The van der Waals surface area contributed by atoms with E-state index in [4.69, 9.17) is 0 Å². The fourth-order valence-corrected chi connectivity index (χ4v) is 4.85. The Morgan fingerprint density at radius 2 is 1.75 bits per heavy atom. The van der Waals surface area contributed by atoms with Crippen molar-refractivity contribution in [1.29, 1.82) is 0 Å². The minimum atomic E-state index is -3.46. The molecule has 0 bridgehead atoms. The fourth-order valence-electron chi connectivity index (χ4n) is 3.38. The van der Waals surface area contributed by atoms with Gasteiger partial charge >= 0.3 is 0 Å². The molecule has 1 aliphatic rings. The predicted molar refractivity (Wildman–Crippen MR) is 112 cm³/mol. The first-order chi connectivity index (χ1) is 13.6. The molecule has 4 rings (SSSR count). The van der Waals surface area contributed by atoms with Crippen molar-refractivity contribution in [2.24, 2.45) is 5.10 Å². The molecule has 1 fully saturated rings. The van der Waals surface area contributed by atoms with Crippen LogP contribution in [0.1, 0.15) is 24.8 Å². The third-order valence-corrected chi connectivity index (χ3v) is 6.78. The maximum absolute atomic E-state index is 12.7. The number of aromatic nitrogens is 1. The van der Waals surface area contributed by atoms with E-state index in [1.54, 1.807) is 22.7 Å². The Kier molecular flexibility index (Phi) is 5.36. The molecule has 0 atom stereocenters. The highest BCUT2D eigenvalue weighted by Crippen LogP contribution is 2.21. The van der Waals surface area contributed by atoms with Crippen molar-refractivity contribution < 1.29 is 8.42 Å². The molecule has 2 aromatic carbocycles. The van der Waals surface area contributed by atoms with E-state index < -0.39 is 10.0 Å². The summed E-state index contributed by atoms with van der Waals surface area (Å²) in [6.07, 6.45) is 6.04. The van der Waals surface area contributed by atoms with Gasteiger partial charge in [0.15, 0.2) is 0 Å². The third-order valence-electron chi connectivity index (χ3n) is 4.90. The van der Waals surface area contributed by atoms with Crippen LogP contribution < -0.4 is 5.43 Å². The number of nitrogens with one attached hydrogen (secondary N) is 1. The molecule has 0 aliphatic carbocycles. The molecule has 2 heterocycles. The van der Waals surface area contributed by atoms with E-state index in [0.717, 1.165) is 35.6 Å². The van der Waals surface area contributed by atoms with Crippen LogP contribution in [0.4, 0.5) is 5.82 Å². The molecule has 1 N–H and O–H groups in total. The molecule has 0 spiro atoms. The molecule has 3 aromatic rings. The van der Waals surface area contributed by atoms with E-state index in [-0.39, 0.29) is 4.90 Å². The Bertz CT molecular complexity index is 1080. The largest absolute Gasteiger partial charge is 0.261 e. The van der Waals surface area contributed by atoms with E-state index in [1.165, 1.54) is 6.20 Å². The molecule has 144 valence electrons. The lowest BCUT2D eigenvalue weighted by Gasteiger charge is -2.25. The second kappa shape index (κ2) is 8.08. The summed E-state index contributed by atoms with van der Waals surface area (Å²) < 4.78 is 26.9.